The molecule has 10 heteroatoms. The zero-order chi connectivity index (χ0) is 17.9. The van der Waals surface area contributed by atoms with E-state index in [4.69, 9.17) is 9.84 Å². The predicted molar refractivity (Wildman–Crippen MR) is 80.1 cm³/mol. The molecular weight excluding hydrogens is 347 g/mol. The molecule has 0 aliphatic carbocycles. The van der Waals surface area contributed by atoms with Gasteiger partial charge in [-0.25, -0.2) is 0 Å². The number of carboxylic acids is 1. The Morgan fingerprint density at radius 2 is 2.04 bits per heavy atom. The molecule has 24 heavy (non-hydrogen) atoms. The SMILES string of the molecule is CO[C@H](C)c1nnc(SCC(=O)O)n1-c1ccccc1C(F)(F)F. The number of carbonyl (C=O) groups is 1. The van der Waals surface area contributed by atoms with Crippen molar-refractivity contribution in [2.24, 2.45) is 0 Å². The molecule has 6 nitrogen and oxygen atoms in total. The molecule has 0 radical (unpaired) electrons. The van der Waals surface area contributed by atoms with Gasteiger partial charge in [-0.05, 0) is 19.1 Å². The van der Waals surface area contributed by atoms with Crippen LogP contribution in [0.2, 0.25) is 0 Å². The van der Waals surface area contributed by atoms with Crippen molar-refractivity contribution in [3.8, 4) is 5.69 Å². The summed E-state index contributed by atoms with van der Waals surface area (Å²) >= 11 is 0.785. The molecule has 0 unspecified atom stereocenters. The third-order valence-electron chi connectivity index (χ3n) is 3.15. The van der Waals surface area contributed by atoms with Crippen molar-refractivity contribution >= 4 is 17.7 Å². The molecule has 2 aromatic rings. The lowest BCUT2D eigenvalue weighted by Gasteiger charge is -2.18. The van der Waals surface area contributed by atoms with Gasteiger partial charge in [0.2, 0.25) is 0 Å². The highest BCUT2D eigenvalue weighted by molar-refractivity contribution is 7.99. The number of methoxy groups -OCH3 is 1. The van der Waals surface area contributed by atoms with Gasteiger partial charge in [0.25, 0.3) is 0 Å². The van der Waals surface area contributed by atoms with Crippen molar-refractivity contribution < 1.29 is 27.8 Å². The summed E-state index contributed by atoms with van der Waals surface area (Å²) in [6.07, 6.45) is -5.21. The number of rotatable bonds is 6. The van der Waals surface area contributed by atoms with E-state index >= 15 is 0 Å². The number of carboxylic acid groups (broad SMARTS) is 1. The maximum absolute atomic E-state index is 13.3. The number of hydrogen-bond acceptors (Lipinski definition) is 5. The van der Waals surface area contributed by atoms with Gasteiger partial charge < -0.3 is 9.84 Å². The second-order valence-electron chi connectivity index (χ2n) is 4.75. The van der Waals surface area contributed by atoms with Gasteiger partial charge in [-0.2, -0.15) is 13.2 Å². The number of thioether (sulfide) groups is 1. The van der Waals surface area contributed by atoms with E-state index in [1.807, 2.05) is 0 Å². The second-order valence-corrected chi connectivity index (χ2v) is 5.69. The van der Waals surface area contributed by atoms with Gasteiger partial charge in [0.05, 0.1) is 17.0 Å². The van der Waals surface area contributed by atoms with Crippen molar-refractivity contribution in [1.29, 1.82) is 0 Å². The van der Waals surface area contributed by atoms with Crippen molar-refractivity contribution in [2.45, 2.75) is 24.4 Å². The maximum atomic E-state index is 13.3. The molecule has 0 spiro atoms. The summed E-state index contributed by atoms with van der Waals surface area (Å²) in [6, 6.07) is 4.96. The molecule has 0 aliphatic rings. The fraction of sp³-hybridized carbons (Fsp3) is 0.357. The number of halogens is 3. The van der Waals surface area contributed by atoms with E-state index in [-0.39, 0.29) is 22.4 Å². The number of ether oxygens (including phenoxy) is 1. The van der Waals surface area contributed by atoms with Crippen LogP contribution in [0.4, 0.5) is 13.2 Å². The van der Waals surface area contributed by atoms with E-state index in [1.54, 1.807) is 6.92 Å². The molecule has 0 saturated carbocycles. The molecule has 1 N–H and O–H groups in total. The van der Waals surface area contributed by atoms with Gasteiger partial charge in [0, 0.05) is 7.11 Å². The number of alkyl halides is 3. The molecule has 1 atom stereocenters. The van der Waals surface area contributed by atoms with Crippen molar-refractivity contribution in [1.82, 2.24) is 14.8 Å². The highest BCUT2D eigenvalue weighted by Crippen LogP contribution is 2.36. The first-order chi connectivity index (χ1) is 11.3. The minimum absolute atomic E-state index is 0.0491. The molecule has 0 aliphatic heterocycles. The first-order valence-electron chi connectivity index (χ1n) is 6.75. The first kappa shape index (κ1) is 18.3. The van der Waals surface area contributed by atoms with Crippen LogP contribution < -0.4 is 0 Å². The largest absolute Gasteiger partial charge is 0.481 e. The summed E-state index contributed by atoms with van der Waals surface area (Å²) in [4.78, 5) is 10.8. The van der Waals surface area contributed by atoms with E-state index in [0.717, 1.165) is 17.8 Å². The Bertz CT molecular complexity index is 734. The van der Waals surface area contributed by atoms with Crippen LogP contribution in [-0.4, -0.2) is 38.7 Å². The number of para-hydroxylation sites is 1. The zero-order valence-corrected chi connectivity index (χ0v) is 13.6. The Morgan fingerprint density at radius 3 is 2.62 bits per heavy atom. The van der Waals surface area contributed by atoms with Crippen LogP contribution in [0.5, 0.6) is 0 Å². The molecule has 2 rings (SSSR count). The van der Waals surface area contributed by atoms with Crippen LogP contribution in [0, 0.1) is 0 Å². The Hall–Kier alpha value is -2.07. The van der Waals surface area contributed by atoms with Gasteiger partial charge in [-0.15, -0.1) is 10.2 Å². The fourth-order valence-corrected chi connectivity index (χ4v) is 2.68. The van der Waals surface area contributed by atoms with Gasteiger partial charge in [0.15, 0.2) is 11.0 Å². The monoisotopic (exact) mass is 361 g/mol. The lowest BCUT2D eigenvalue weighted by Crippen LogP contribution is -2.15. The summed E-state index contributed by atoms with van der Waals surface area (Å²) in [7, 11) is 1.39. The minimum Gasteiger partial charge on any atom is -0.481 e. The highest BCUT2D eigenvalue weighted by atomic mass is 32.2. The molecule has 0 fully saturated rings. The molecule has 0 saturated heterocycles. The van der Waals surface area contributed by atoms with E-state index in [2.05, 4.69) is 10.2 Å². The summed E-state index contributed by atoms with van der Waals surface area (Å²) < 4.78 is 46.3. The highest BCUT2D eigenvalue weighted by Gasteiger charge is 2.35. The van der Waals surface area contributed by atoms with E-state index < -0.39 is 23.8 Å². The molecule has 1 aromatic heterocycles. The minimum atomic E-state index is -4.58. The molecule has 0 amide bonds. The van der Waals surface area contributed by atoms with Crippen LogP contribution in [0.25, 0.3) is 5.69 Å². The fourth-order valence-electron chi connectivity index (χ4n) is 2.00. The molecule has 0 bridgehead atoms. The van der Waals surface area contributed by atoms with Crippen LogP contribution in [0.15, 0.2) is 29.4 Å². The third kappa shape index (κ3) is 3.88. The summed E-state index contributed by atoms with van der Waals surface area (Å²) in [5.74, 6) is -1.31. The van der Waals surface area contributed by atoms with Crippen LogP contribution in [0.1, 0.15) is 24.4 Å². The number of nitrogens with zero attached hydrogens (tertiary/aromatic N) is 3. The van der Waals surface area contributed by atoms with E-state index in [1.165, 1.54) is 29.9 Å². The van der Waals surface area contributed by atoms with Crippen LogP contribution in [0.3, 0.4) is 0 Å². The predicted octanol–water partition coefficient (Wildman–Crippen LogP) is 3.17. The van der Waals surface area contributed by atoms with Crippen molar-refractivity contribution in [3.05, 3.63) is 35.7 Å². The third-order valence-corrected chi connectivity index (χ3v) is 4.06. The molecule has 1 heterocycles. The lowest BCUT2D eigenvalue weighted by atomic mass is 10.1. The maximum Gasteiger partial charge on any atom is 0.418 e. The van der Waals surface area contributed by atoms with Crippen molar-refractivity contribution in [3.63, 3.8) is 0 Å². The van der Waals surface area contributed by atoms with Crippen LogP contribution >= 0.6 is 11.8 Å². The summed E-state index contributed by atoms with van der Waals surface area (Å²) in [6.45, 7) is 1.61. The van der Waals surface area contributed by atoms with E-state index in [0.29, 0.717) is 0 Å². The quantitative estimate of drug-likeness (QED) is 0.797. The average molecular weight is 361 g/mol. The Kier molecular flexibility index (Phi) is 5.50. The lowest BCUT2D eigenvalue weighted by molar-refractivity contribution is -0.137. The van der Waals surface area contributed by atoms with Gasteiger partial charge >= 0.3 is 12.1 Å². The molecular formula is C14H14F3N3O3S. The number of aromatic nitrogens is 3. The average Bonchev–Trinajstić information content (AvgIpc) is 2.95. The summed E-state index contributed by atoms with van der Waals surface area (Å²) in [5, 5.41) is 16.5. The van der Waals surface area contributed by atoms with Gasteiger partial charge in [-0.3, -0.25) is 9.36 Å². The Labute approximate surface area is 139 Å². The topological polar surface area (TPSA) is 77.2 Å². The second kappa shape index (κ2) is 7.22. The normalized spacial score (nSPS) is 13.0. The molecule has 1 aromatic carbocycles. The smallest absolute Gasteiger partial charge is 0.418 e. The zero-order valence-electron chi connectivity index (χ0n) is 12.7. The number of hydrogen-bond donors (Lipinski definition) is 1. The van der Waals surface area contributed by atoms with Crippen LogP contribution in [-0.2, 0) is 15.7 Å². The van der Waals surface area contributed by atoms with Gasteiger partial charge in [0.1, 0.15) is 6.10 Å². The van der Waals surface area contributed by atoms with E-state index in [9.17, 15) is 18.0 Å². The number of aliphatic carboxylic acids is 1. The Morgan fingerprint density at radius 1 is 1.38 bits per heavy atom. The van der Waals surface area contributed by atoms with Crippen molar-refractivity contribution in [2.75, 3.05) is 12.9 Å². The summed E-state index contributed by atoms with van der Waals surface area (Å²) in [5.41, 5.74) is -1.05. The number of benzene rings is 1. The first-order valence-corrected chi connectivity index (χ1v) is 7.73. The Balaban J connectivity index is 2.63. The standard InChI is InChI=1S/C14H14F3N3O3S/c1-8(23-2)12-18-19-13(24-7-11(21)22)20(12)10-6-4-3-5-9(10)14(15,16)17/h3-6,8H,7H2,1-2H3,(H,21,22)/t8-/m1/s1. The molecule has 130 valence electrons. The van der Waals surface area contributed by atoms with Gasteiger partial charge in [-0.1, -0.05) is 23.9 Å².